The summed E-state index contributed by atoms with van der Waals surface area (Å²) in [5, 5.41) is 3.44. The van der Waals surface area contributed by atoms with Crippen molar-refractivity contribution in [2.24, 2.45) is 0 Å². The van der Waals surface area contributed by atoms with Crippen LogP contribution in [0, 0.1) is 5.82 Å². The van der Waals surface area contributed by atoms with Crippen LogP contribution >= 0.6 is 11.6 Å². The molecule has 1 aromatic heterocycles. The smallest absolute Gasteiger partial charge is 0.261 e. The van der Waals surface area contributed by atoms with Crippen molar-refractivity contribution in [1.29, 1.82) is 0 Å². The van der Waals surface area contributed by atoms with Crippen LogP contribution in [0.1, 0.15) is 29.2 Å². The number of carbonyl (C=O) groups is 1. The van der Waals surface area contributed by atoms with Crippen LogP contribution in [0.25, 0.3) is 10.9 Å². The lowest BCUT2D eigenvalue weighted by atomic mass is 10.1. The number of anilines is 2. The van der Waals surface area contributed by atoms with Crippen LogP contribution in [0.3, 0.4) is 0 Å². The maximum atomic E-state index is 15.1. The fourth-order valence-corrected chi connectivity index (χ4v) is 4.42. The molecule has 2 aliphatic rings. The molecular formula is C24H24ClFN4O2. The van der Waals surface area contributed by atoms with E-state index in [0.29, 0.717) is 21.9 Å². The Labute approximate surface area is 190 Å². The van der Waals surface area contributed by atoms with Crippen molar-refractivity contribution in [2.75, 3.05) is 43.4 Å². The van der Waals surface area contributed by atoms with Crippen LogP contribution in [0.4, 0.5) is 15.8 Å². The molecule has 2 fully saturated rings. The minimum absolute atomic E-state index is 0.00359. The van der Waals surface area contributed by atoms with Gasteiger partial charge in [0.25, 0.3) is 5.91 Å². The number of piperazine rings is 1. The molecular weight excluding hydrogens is 431 g/mol. The number of likely N-dealkylation sites (N-methyl/N-ethyl adjacent to an activating group) is 1. The van der Waals surface area contributed by atoms with Gasteiger partial charge in [0.1, 0.15) is 11.4 Å². The molecule has 0 bridgehead atoms. The maximum absolute atomic E-state index is 15.1. The third-order valence-corrected chi connectivity index (χ3v) is 6.45. The lowest BCUT2D eigenvalue weighted by Gasteiger charge is -2.34. The highest BCUT2D eigenvalue weighted by molar-refractivity contribution is 6.31. The number of aromatic nitrogens is 1. The summed E-state index contributed by atoms with van der Waals surface area (Å²) in [6, 6.07) is 10.0. The van der Waals surface area contributed by atoms with Gasteiger partial charge < -0.3 is 19.7 Å². The summed E-state index contributed by atoms with van der Waals surface area (Å²) in [6.07, 6.45) is 3.55. The normalized spacial score (nSPS) is 17.0. The van der Waals surface area contributed by atoms with Crippen molar-refractivity contribution < 1.29 is 9.18 Å². The third-order valence-electron chi connectivity index (χ3n) is 6.21. The Kier molecular flexibility index (Phi) is 5.39. The molecule has 1 aliphatic heterocycles. The summed E-state index contributed by atoms with van der Waals surface area (Å²) in [4.78, 5) is 30.4. The molecule has 1 saturated carbocycles. The molecule has 1 N–H and O–H groups in total. The Morgan fingerprint density at radius 2 is 1.88 bits per heavy atom. The third kappa shape index (κ3) is 3.98. The van der Waals surface area contributed by atoms with Crippen molar-refractivity contribution in [3.05, 3.63) is 69.2 Å². The van der Waals surface area contributed by atoms with Gasteiger partial charge in [-0.3, -0.25) is 9.59 Å². The van der Waals surface area contributed by atoms with E-state index < -0.39 is 17.2 Å². The molecule has 8 heteroatoms. The molecule has 1 aliphatic carbocycles. The summed E-state index contributed by atoms with van der Waals surface area (Å²) in [7, 11) is 2.05. The number of benzene rings is 2. The second-order valence-electron chi connectivity index (χ2n) is 8.59. The van der Waals surface area contributed by atoms with Crippen LogP contribution in [0.15, 0.2) is 47.4 Å². The van der Waals surface area contributed by atoms with E-state index in [1.165, 1.54) is 6.07 Å². The Morgan fingerprint density at radius 1 is 1.12 bits per heavy atom. The molecule has 0 spiro atoms. The first-order valence-electron chi connectivity index (χ1n) is 10.8. The number of hydrogen-bond acceptors (Lipinski definition) is 4. The van der Waals surface area contributed by atoms with Crippen LogP contribution in [-0.4, -0.2) is 48.6 Å². The molecule has 5 rings (SSSR count). The van der Waals surface area contributed by atoms with Crippen LogP contribution < -0.4 is 15.6 Å². The predicted octanol–water partition coefficient (Wildman–Crippen LogP) is 4.13. The zero-order valence-electron chi connectivity index (χ0n) is 17.8. The zero-order chi connectivity index (χ0) is 22.4. The van der Waals surface area contributed by atoms with E-state index in [4.69, 9.17) is 11.6 Å². The second kappa shape index (κ2) is 8.22. The van der Waals surface area contributed by atoms with E-state index in [1.54, 1.807) is 36.5 Å². The van der Waals surface area contributed by atoms with Crippen molar-refractivity contribution in [2.45, 2.75) is 18.9 Å². The standard InChI is InChI=1S/C24H24ClFN4O2/c1-28-7-9-29(10-8-28)22-13-21-18(12-20(22)26)23(31)19(14-30(21)17-5-6-17)24(32)27-16-4-2-3-15(25)11-16/h2-4,11-14,17H,5-10H2,1H3,(H,27,32). The monoisotopic (exact) mass is 454 g/mol. The van der Waals surface area contributed by atoms with Crippen LogP contribution in [0.5, 0.6) is 0 Å². The van der Waals surface area contributed by atoms with Gasteiger partial charge in [-0.25, -0.2) is 4.39 Å². The fraction of sp³-hybridized carbons (Fsp3) is 0.333. The summed E-state index contributed by atoms with van der Waals surface area (Å²) < 4.78 is 17.1. The number of halogens is 2. The van der Waals surface area contributed by atoms with Crippen molar-refractivity contribution >= 4 is 39.8 Å². The first kappa shape index (κ1) is 21.0. The molecule has 1 amide bonds. The molecule has 6 nitrogen and oxygen atoms in total. The van der Waals surface area contributed by atoms with Crippen molar-refractivity contribution in [3.63, 3.8) is 0 Å². The van der Waals surface area contributed by atoms with E-state index in [1.807, 2.05) is 9.47 Å². The molecule has 32 heavy (non-hydrogen) atoms. The molecule has 2 heterocycles. The minimum atomic E-state index is -0.530. The largest absolute Gasteiger partial charge is 0.367 e. The highest BCUT2D eigenvalue weighted by Crippen LogP contribution is 2.38. The van der Waals surface area contributed by atoms with Gasteiger partial charge in [-0.2, -0.15) is 0 Å². The molecule has 166 valence electrons. The van der Waals surface area contributed by atoms with Gasteiger partial charge in [-0.05, 0) is 50.2 Å². The quantitative estimate of drug-likeness (QED) is 0.644. The molecule has 3 aromatic rings. The van der Waals surface area contributed by atoms with E-state index in [2.05, 4.69) is 17.3 Å². The van der Waals surface area contributed by atoms with Crippen LogP contribution in [-0.2, 0) is 0 Å². The molecule has 0 atom stereocenters. The Balaban J connectivity index is 1.57. The highest BCUT2D eigenvalue weighted by Gasteiger charge is 2.28. The average Bonchev–Trinajstić information content (AvgIpc) is 3.60. The maximum Gasteiger partial charge on any atom is 0.261 e. The topological polar surface area (TPSA) is 57.6 Å². The number of carbonyl (C=O) groups excluding carboxylic acids is 1. The van der Waals surface area contributed by atoms with E-state index in [9.17, 15) is 9.59 Å². The van der Waals surface area contributed by atoms with Crippen molar-refractivity contribution in [3.8, 4) is 0 Å². The fourth-order valence-electron chi connectivity index (χ4n) is 4.23. The molecule has 0 radical (unpaired) electrons. The van der Waals surface area contributed by atoms with Crippen LogP contribution in [0.2, 0.25) is 5.02 Å². The first-order valence-corrected chi connectivity index (χ1v) is 11.2. The number of rotatable bonds is 4. The number of hydrogen-bond donors (Lipinski definition) is 1. The Bertz CT molecular complexity index is 1260. The summed E-state index contributed by atoms with van der Waals surface area (Å²) in [6.45, 7) is 3.17. The summed E-state index contributed by atoms with van der Waals surface area (Å²) in [5.41, 5.74) is 1.20. The van der Waals surface area contributed by atoms with E-state index >= 15 is 4.39 Å². The Hall–Kier alpha value is -2.90. The van der Waals surface area contributed by atoms with Gasteiger partial charge >= 0.3 is 0 Å². The second-order valence-corrected chi connectivity index (χ2v) is 9.02. The lowest BCUT2D eigenvalue weighted by Crippen LogP contribution is -2.44. The lowest BCUT2D eigenvalue weighted by molar-refractivity contribution is 0.102. The van der Waals surface area contributed by atoms with Gasteiger partial charge in [-0.15, -0.1) is 0 Å². The van der Waals surface area contributed by atoms with E-state index in [0.717, 1.165) is 39.0 Å². The SMILES string of the molecule is CN1CCN(c2cc3c(cc2F)c(=O)c(C(=O)Nc2cccc(Cl)c2)cn3C2CC2)CC1. The van der Waals surface area contributed by atoms with Gasteiger partial charge in [0, 0.05) is 54.5 Å². The Morgan fingerprint density at radius 3 is 2.56 bits per heavy atom. The number of pyridine rings is 1. The minimum Gasteiger partial charge on any atom is -0.367 e. The number of nitrogens with one attached hydrogen (secondary N) is 1. The van der Waals surface area contributed by atoms with Gasteiger partial charge in [0.15, 0.2) is 0 Å². The van der Waals surface area contributed by atoms with E-state index in [-0.39, 0.29) is 17.0 Å². The van der Waals surface area contributed by atoms with Gasteiger partial charge in [0.05, 0.1) is 11.2 Å². The number of fused-ring (bicyclic) bond motifs is 1. The van der Waals surface area contributed by atoms with Crippen molar-refractivity contribution in [1.82, 2.24) is 9.47 Å². The number of amides is 1. The average molecular weight is 455 g/mol. The zero-order valence-corrected chi connectivity index (χ0v) is 18.5. The highest BCUT2D eigenvalue weighted by atomic mass is 35.5. The van der Waals surface area contributed by atoms with Gasteiger partial charge in [0.2, 0.25) is 5.43 Å². The summed E-state index contributed by atoms with van der Waals surface area (Å²) in [5.74, 6) is -0.967. The number of nitrogens with zero attached hydrogens (tertiary/aromatic N) is 3. The molecule has 0 unspecified atom stereocenters. The summed E-state index contributed by atoms with van der Waals surface area (Å²) >= 11 is 6.00. The van der Waals surface area contributed by atoms with Gasteiger partial charge in [-0.1, -0.05) is 17.7 Å². The molecule has 1 saturated heterocycles. The predicted molar refractivity (Wildman–Crippen MR) is 126 cm³/mol. The first-order chi connectivity index (χ1) is 15.4. The molecule has 2 aromatic carbocycles.